The number of esters is 1. The van der Waals surface area contributed by atoms with Crippen LogP contribution in [-0.2, 0) is 4.74 Å². The van der Waals surface area contributed by atoms with Crippen molar-refractivity contribution < 1.29 is 19.4 Å². The van der Waals surface area contributed by atoms with E-state index >= 15 is 0 Å². The van der Waals surface area contributed by atoms with Gasteiger partial charge in [-0.1, -0.05) is 0 Å². The van der Waals surface area contributed by atoms with Crippen molar-refractivity contribution >= 4 is 17.3 Å². The number of thiazole rings is 1. The number of hydrogen-bond donors (Lipinski definition) is 1. The Kier molecular flexibility index (Phi) is 4.80. The van der Waals surface area contributed by atoms with Crippen LogP contribution >= 0.6 is 11.3 Å². The van der Waals surface area contributed by atoms with Gasteiger partial charge in [-0.15, -0.1) is 11.3 Å². The Labute approximate surface area is 127 Å². The van der Waals surface area contributed by atoms with Crippen molar-refractivity contribution in [3.8, 4) is 22.1 Å². The van der Waals surface area contributed by atoms with Gasteiger partial charge in [0, 0.05) is 10.4 Å². The lowest BCUT2D eigenvalue weighted by Crippen LogP contribution is -2.06. The van der Waals surface area contributed by atoms with Gasteiger partial charge in [-0.3, -0.25) is 0 Å². The Morgan fingerprint density at radius 3 is 2.76 bits per heavy atom. The molecule has 6 heteroatoms. The second-order valence-corrected chi connectivity index (χ2v) is 5.46. The van der Waals surface area contributed by atoms with E-state index in [2.05, 4.69) is 4.98 Å². The largest absolute Gasteiger partial charge is 0.504 e. The second kappa shape index (κ2) is 6.58. The molecule has 2 aromatic rings. The Morgan fingerprint density at radius 2 is 2.10 bits per heavy atom. The maximum Gasteiger partial charge on any atom is 0.358 e. The van der Waals surface area contributed by atoms with E-state index in [-0.39, 0.29) is 5.75 Å². The van der Waals surface area contributed by atoms with Crippen molar-refractivity contribution in [1.29, 1.82) is 0 Å². The third-order valence-electron chi connectivity index (χ3n) is 2.77. The number of phenolic OH excluding ortho intramolecular Hbond substituents is 1. The second-order valence-electron chi connectivity index (χ2n) is 4.26. The number of hydrogen-bond acceptors (Lipinski definition) is 6. The number of aryl methyl sites for hydroxylation is 1. The van der Waals surface area contributed by atoms with E-state index in [0.29, 0.717) is 29.7 Å². The van der Waals surface area contributed by atoms with Crippen molar-refractivity contribution in [3.63, 3.8) is 0 Å². The van der Waals surface area contributed by atoms with Crippen molar-refractivity contribution in [2.75, 3.05) is 13.2 Å². The lowest BCUT2D eigenvalue weighted by Gasteiger charge is -2.06. The van der Waals surface area contributed by atoms with Gasteiger partial charge in [0.05, 0.1) is 13.2 Å². The molecule has 0 fully saturated rings. The van der Waals surface area contributed by atoms with Gasteiger partial charge >= 0.3 is 5.97 Å². The van der Waals surface area contributed by atoms with Gasteiger partial charge in [0.2, 0.25) is 0 Å². The highest BCUT2D eigenvalue weighted by Crippen LogP contribution is 2.34. The number of aromatic nitrogens is 1. The first-order valence-corrected chi connectivity index (χ1v) is 7.49. The molecule has 1 N–H and O–H groups in total. The molecule has 0 radical (unpaired) electrons. The number of aromatic hydroxyl groups is 1. The molecule has 0 spiro atoms. The maximum atomic E-state index is 11.8. The fourth-order valence-corrected chi connectivity index (χ4v) is 2.72. The van der Waals surface area contributed by atoms with E-state index in [0.717, 1.165) is 10.4 Å². The minimum Gasteiger partial charge on any atom is -0.504 e. The normalized spacial score (nSPS) is 10.4. The van der Waals surface area contributed by atoms with E-state index in [1.807, 2.05) is 13.8 Å². The van der Waals surface area contributed by atoms with Crippen LogP contribution in [0.25, 0.3) is 10.6 Å². The van der Waals surface area contributed by atoms with E-state index < -0.39 is 5.97 Å². The number of ether oxygens (including phenoxy) is 2. The fourth-order valence-electron chi connectivity index (χ4n) is 1.83. The van der Waals surface area contributed by atoms with Crippen LogP contribution < -0.4 is 4.74 Å². The molecule has 1 aromatic heterocycles. The van der Waals surface area contributed by atoms with Crippen molar-refractivity contribution in [1.82, 2.24) is 4.98 Å². The van der Waals surface area contributed by atoms with Crippen LogP contribution in [-0.4, -0.2) is 29.3 Å². The molecule has 21 heavy (non-hydrogen) atoms. The Morgan fingerprint density at radius 1 is 1.33 bits per heavy atom. The highest BCUT2D eigenvalue weighted by Gasteiger charge is 2.18. The van der Waals surface area contributed by atoms with Crippen LogP contribution in [0.5, 0.6) is 11.5 Å². The number of carbonyl (C=O) groups is 1. The fraction of sp³-hybridized carbons (Fsp3) is 0.333. The van der Waals surface area contributed by atoms with E-state index in [1.165, 1.54) is 11.3 Å². The Bertz CT molecular complexity index is 651. The third kappa shape index (κ3) is 3.33. The zero-order valence-electron chi connectivity index (χ0n) is 12.2. The summed E-state index contributed by atoms with van der Waals surface area (Å²) in [5, 5.41) is 10.4. The van der Waals surface area contributed by atoms with E-state index in [9.17, 15) is 9.90 Å². The number of carbonyl (C=O) groups excluding carboxylic acids is 1. The summed E-state index contributed by atoms with van der Waals surface area (Å²) in [5.74, 6) is 0.0707. The SMILES string of the molecule is CCOC(=O)c1nc(-c2ccc(O)c(OCC)c2)sc1C. The average Bonchev–Trinajstić information content (AvgIpc) is 2.84. The van der Waals surface area contributed by atoms with Crippen molar-refractivity contribution in [2.24, 2.45) is 0 Å². The summed E-state index contributed by atoms with van der Waals surface area (Å²) in [4.78, 5) is 16.9. The van der Waals surface area contributed by atoms with E-state index in [1.54, 1.807) is 25.1 Å². The zero-order chi connectivity index (χ0) is 15.4. The molecular weight excluding hydrogens is 290 g/mol. The summed E-state index contributed by atoms with van der Waals surface area (Å²) in [5.41, 5.74) is 1.13. The molecule has 0 saturated heterocycles. The molecule has 1 heterocycles. The number of rotatable bonds is 5. The van der Waals surface area contributed by atoms with Gasteiger partial charge in [-0.05, 0) is 39.0 Å². The summed E-state index contributed by atoms with van der Waals surface area (Å²) in [6.07, 6.45) is 0. The summed E-state index contributed by atoms with van der Waals surface area (Å²) in [7, 11) is 0. The summed E-state index contributed by atoms with van der Waals surface area (Å²) >= 11 is 1.41. The minimum absolute atomic E-state index is 0.0829. The lowest BCUT2D eigenvalue weighted by molar-refractivity contribution is 0.0519. The van der Waals surface area contributed by atoms with Gasteiger partial charge < -0.3 is 14.6 Å². The number of benzene rings is 1. The molecule has 0 bridgehead atoms. The Hall–Kier alpha value is -2.08. The van der Waals surface area contributed by atoms with Gasteiger partial charge in [0.1, 0.15) is 5.01 Å². The molecule has 5 nitrogen and oxygen atoms in total. The predicted octanol–water partition coefficient (Wildman–Crippen LogP) is 3.40. The predicted molar refractivity (Wildman–Crippen MR) is 81.1 cm³/mol. The topological polar surface area (TPSA) is 68.7 Å². The zero-order valence-corrected chi connectivity index (χ0v) is 13.0. The molecule has 0 aliphatic rings. The van der Waals surface area contributed by atoms with Crippen LogP contribution in [0.1, 0.15) is 29.2 Å². The molecule has 0 unspecified atom stereocenters. The highest BCUT2D eigenvalue weighted by molar-refractivity contribution is 7.15. The van der Waals surface area contributed by atoms with Crippen LogP contribution in [0.2, 0.25) is 0 Å². The van der Waals surface area contributed by atoms with Gasteiger partial charge in [-0.25, -0.2) is 9.78 Å². The van der Waals surface area contributed by atoms with Gasteiger partial charge in [0.15, 0.2) is 17.2 Å². The molecule has 0 aliphatic heterocycles. The standard InChI is InChI=1S/C15H17NO4S/c1-4-19-12-8-10(6-7-11(12)17)14-16-13(9(3)21-14)15(18)20-5-2/h6-8,17H,4-5H2,1-3H3. The number of nitrogens with zero attached hydrogens (tertiary/aromatic N) is 1. The number of phenols is 1. The van der Waals surface area contributed by atoms with Gasteiger partial charge in [-0.2, -0.15) is 0 Å². The average molecular weight is 307 g/mol. The molecule has 2 rings (SSSR count). The molecule has 0 atom stereocenters. The first-order chi connectivity index (χ1) is 10.1. The monoisotopic (exact) mass is 307 g/mol. The summed E-state index contributed by atoms with van der Waals surface area (Å²) < 4.78 is 10.3. The maximum absolute atomic E-state index is 11.8. The van der Waals surface area contributed by atoms with E-state index in [4.69, 9.17) is 9.47 Å². The third-order valence-corrected chi connectivity index (χ3v) is 3.79. The first-order valence-electron chi connectivity index (χ1n) is 6.67. The Balaban J connectivity index is 2.36. The smallest absolute Gasteiger partial charge is 0.358 e. The van der Waals surface area contributed by atoms with Crippen molar-refractivity contribution in [2.45, 2.75) is 20.8 Å². The summed E-state index contributed by atoms with van der Waals surface area (Å²) in [6, 6.07) is 5.01. The minimum atomic E-state index is -0.415. The van der Waals surface area contributed by atoms with Crippen LogP contribution in [0, 0.1) is 6.92 Å². The van der Waals surface area contributed by atoms with Gasteiger partial charge in [0.25, 0.3) is 0 Å². The highest BCUT2D eigenvalue weighted by atomic mass is 32.1. The lowest BCUT2D eigenvalue weighted by atomic mass is 10.2. The van der Waals surface area contributed by atoms with Crippen LogP contribution in [0.3, 0.4) is 0 Å². The summed E-state index contributed by atoms with van der Waals surface area (Å²) in [6.45, 7) is 6.21. The molecule has 112 valence electrons. The first kappa shape index (κ1) is 15.3. The molecule has 0 aliphatic carbocycles. The molecular formula is C15H17NO4S. The van der Waals surface area contributed by atoms with Crippen LogP contribution in [0.15, 0.2) is 18.2 Å². The van der Waals surface area contributed by atoms with Crippen LogP contribution in [0.4, 0.5) is 0 Å². The molecule has 0 amide bonds. The van der Waals surface area contributed by atoms with Crippen molar-refractivity contribution in [3.05, 3.63) is 28.8 Å². The molecule has 0 saturated carbocycles. The molecule has 1 aromatic carbocycles. The quantitative estimate of drug-likeness (QED) is 0.857.